The first-order valence-corrected chi connectivity index (χ1v) is 5.32. The molecule has 15 heavy (non-hydrogen) atoms. The number of carboxylic acid groups (broad SMARTS) is 1. The van der Waals surface area contributed by atoms with Gasteiger partial charge in [-0.3, -0.25) is 4.79 Å². The quantitative estimate of drug-likeness (QED) is 0.726. The third-order valence-corrected chi connectivity index (χ3v) is 2.99. The van der Waals surface area contributed by atoms with Crippen molar-refractivity contribution in [2.75, 3.05) is 26.7 Å². The van der Waals surface area contributed by atoms with Crippen LogP contribution in [0.25, 0.3) is 0 Å². The highest BCUT2D eigenvalue weighted by molar-refractivity contribution is 5.67. The monoisotopic (exact) mass is 215 g/mol. The van der Waals surface area contributed by atoms with Gasteiger partial charge >= 0.3 is 5.97 Å². The van der Waals surface area contributed by atoms with Crippen molar-refractivity contribution in [3.05, 3.63) is 0 Å². The minimum absolute atomic E-state index is 0.0407. The maximum absolute atomic E-state index is 10.5. The summed E-state index contributed by atoms with van der Waals surface area (Å²) in [7, 11) is 2.07. The molecule has 0 radical (unpaired) electrons. The van der Waals surface area contributed by atoms with Crippen molar-refractivity contribution in [1.29, 1.82) is 0 Å². The molecule has 0 aromatic rings. The van der Waals surface area contributed by atoms with Gasteiger partial charge in [-0.05, 0) is 20.0 Å². The highest BCUT2D eigenvalue weighted by Gasteiger charge is 2.36. The molecule has 5 nitrogen and oxygen atoms in total. The molecule has 2 aliphatic heterocycles. The van der Waals surface area contributed by atoms with E-state index in [1.165, 1.54) is 0 Å². The molecule has 0 aromatic carbocycles. The minimum Gasteiger partial charge on any atom is -0.481 e. The van der Waals surface area contributed by atoms with Crippen LogP contribution in [0.5, 0.6) is 0 Å². The topological polar surface area (TPSA) is 59.0 Å². The van der Waals surface area contributed by atoms with Crippen LogP contribution in [-0.4, -0.2) is 55.1 Å². The second-order valence-electron chi connectivity index (χ2n) is 4.37. The summed E-state index contributed by atoms with van der Waals surface area (Å²) in [5.74, 6) is -0.429. The molecule has 5 heteroatoms. The number of hydrogen-bond donors (Lipinski definition) is 1. The first kappa shape index (κ1) is 10.9. The number of likely N-dealkylation sites (tertiary alicyclic amines) is 1. The van der Waals surface area contributed by atoms with Crippen LogP contribution < -0.4 is 0 Å². The van der Waals surface area contributed by atoms with E-state index in [2.05, 4.69) is 11.9 Å². The van der Waals surface area contributed by atoms with Gasteiger partial charge in [0.25, 0.3) is 0 Å². The maximum Gasteiger partial charge on any atom is 0.306 e. The summed E-state index contributed by atoms with van der Waals surface area (Å²) in [4.78, 5) is 12.7. The molecule has 0 spiro atoms. The number of carbonyl (C=O) groups is 1. The number of carboxylic acids is 1. The summed E-state index contributed by atoms with van der Waals surface area (Å²) < 4.78 is 11.1. The predicted octanol–water partition coefficient (Wildman–Crippen LogP) is 0.154. The van der Waals surface area contributed by atoms with Crippen LogP contribution >= 0.6 is 0 Å². The molecule has 86 valence electrons. The van der Waals surface area contributed by atoms with Gasteiger partial charge < -0.3 is 19.5 Å². The predicted molar refractivity (Wildman–Crippen MR) is 52.5 cm³/mol. The lowest BCUT2D eigenvalue weighted by Gasteiger charge is -2.17. The Labute approximate surface area is 89.0 Å². The van der Waals surface area contributed by atoms with Gasteiger partial charge in [0.2, 0.25) is 0 Å². The SMILES string of the molecule is CN1CCC(C2OCC(CC(=O)O)O2)C1. The van der Waals surface area contributed by atoms with Crippen LogP contribution in [0.1, 0.15) is 12.8 Å². The molecule has 0 aromatic heterocycles. The van der Waals surface area contributed by atoms with Crippen molar-refractivity contribution in [1.82, 2.24) is 4.90 Å². The van der Waals surface area contributed by atoms with E-state index in [9.17, 15) is 4.79 Å². The van der Waals surface area contributed by atoms with Gasteiger partial charge in [0, 0.05) is 12.5 Å². The van der Waals surface area contributed by atoms with Crippen molar-refractivity contribution < 1.29 is 19.4 Å². The number of rotatable bonds is 3. The van der Waals surface area contributed by atoms with Crippen LogP contribution in [0, 0.1) is 5.92 Å². The third kappa shape index (κ3) is 2.68. The average Bonchev–Trinajstić information content (AvgIpc) is 2.72. The lowest BCUT2D eigenvalue weighted by atomic mass is 10.1. The summed E-state index contributed by atoms with van der Waals surface area (Å²) in [5.41, 5.74) is 0. The lowest BCUT2D eigenvalue weighted by Crippen LogP contribution is -2.25. The first-order valence-electron chi connectivity index (χ1n) is 5.32. The second kappa shape index (κ2) is 4.47. The molecule has 2 aliphatic rings. The molecule has 3 atom stereocenters. The lowest BCUT2D eigenvalue weighted by molar-refractivity contribution is -0.141. The molecule has 0 aliphatic carbocycles. The Balaban J connectivity index is 1.79. The van der Waals surface area contributed by atoms with Gasteiger partial charge in [-0.25, -0.2) is 0 Å². The van der Waals surface area contributed by atoms with Crippen molar-refractivity contribution in [2.45, 2.75) is 25.2 Å². The normalized spacial score (nSPS) is 37.3. The Hall–Kier alpha value is -0.650. The molecule has 2 heterocycles. The molecular formula is C10H17NO4. The van der Waals surface area contributed by atoms with E-state index in [1.807, 2.05) is 0 Å². The molecule has 0 bridgehead atoms. The standard InChI is InChI=1S/C10H17NO4/c1-11-3-2-7(5-11)10-14-6-8(15-10)4-9(12)13/h7-8,10H,2-6H2,1H3,(H,12,13). The van der Waals surface area contributed by atoms with E-state index in [-0.39, 0.29) is 18.8 Å². The Morgan fingerprint density at radius 3 is 3.00 bits per heavy atom. The van der Waals surface area contributed by atoms with Crippen molar-refractivity contribution in [2.24, 2.45) is 5.92 Å². The largest absolute Gasteiger partial charge is 0.481 e. The summed E-state index contributed by atoms with van der Waals surface area (Å²) in [6, 6.07) is 0. The van der Waals surface area contributed by atoms with Gasteiger partial charge in [0.15, 0.2) is 6.29 Å². The Bertz CT molecular complexity index is 246. The zero-order valence-electron chi connectivity index (χ0n) is 8.89. The van der Waals surface area contributed by atoms with Crippen LogP contribution in [0.4, 0.5) is 0 Å². The van der Waals surface area contributed by atoms with Crippen LogP contribution in [0.2, 0.25) is 0 Å². The van der Waals surface area contributed by atoms with E-state index in [0.29, 0.717) is 12.5 Å². The fraction of sp³-hybridized carbons (Fsp3) is 0.900. The van der Waals surface area contributed by atoms with E-state index in [1.54, 1.807) is 0 Å². The smallest absolute Gasteiger partial charge is 0.306 e. The zero-order valence-corrected chi connectivity index (χ0v) is 8.89. The van der Waals surface area contributed by atoms with E-state index in [4.69, 9.17) is 14.6 Å². The van der Waals surface area contributed by atoms with E-state index in [0.717, 1.165) is 19.5 Å². The summed E-state index contributed by atoms with van der Waals surface area (Å²) >= 11 is 0. The fourth-order valence-corrected chi connectivity index (χ4v) is 2.21. The fourth-order valence-electron chi connectivity index (χ4n) is 2.21. The Morgan fingerprint density at radius 2 is 2.40 bits per heavy atom. The summed E-state index contributed by atoms with van der Waals surface area (Å²) in [6.45, 7) is 2.46. The molecule has 0 saturated carbocycles. The van der Waals surface area contributed by atoms with Crippen LogP contribution in [-0.2, 0) is 14.3 Å². The van der Waals surface area contributed by atoms with Gasteiger partial charge in [-0.2, -0.15) is 0 Å². The molecule has 2 rings (SSSR count). The highest BCUT2D eigenvalue weighted by Crippen LogP contribution is 2.27. The van der Waals surface area contributed by atoms with E-state index < -0.39 is 5.97 Å². The van der Waals surface area contributed by atoms with Crippen molar-refractivity contribution >= 4 is 5.97 Å². The molecular weight excluding hydrogens is 198 g/mol. The van der Waals surface area contributed by atoms with Crippen LogP contribution in [0.3, 0.4) is 0 Å². The van der Waals surface area contributed by atoms with Gasteiger partial charge in [-0.15, -0.1) is 0 Å². The Morgan fingerprint density at radius 1 is 1.60 bits per heavy atom. The zero-order chi connectivity index (χ0) is 10.8. The Kier molecular flexibility index (Phi) is 3.23. The maximum atomic E-state index is 10.5. The first-order chi connectivity index (χ1) is 7.15. The molecule has 3 unspecified atom stereocenters. The summed E-state index contributed by atoms with van der Waals surface area (Å²) in [6.07, 6.45) is 0.651. The molecule has 2 fully saturated rings. The summed E-state index contributed by atoms with van der Waals surface area (Å²) in [5, 5.41) is 8.62. The third-order valence-electron chi connectivity index (χ3n) is 2.99. The molecule has 2 saturated heterocycles. The number of ether oxygens (including phenoxy) is 2. The molecule has 1 N–H and O–H groups in total. The van der Waals surface area contributed by atoms with Gasteiger partial charge in [0.1, 0.15) is 0 Å². The van der Waals surface area contributed by atoms with Gasteiger partial charge in [0.05, 0.1) is 19.1 Å². The van der Waals surface area contributed by atoms with Crippen molar-refractivity contribution in [3.8, 4) is 0 Å². The van der Waals surface area contributed by atoms with E-state index >= 15 is 0 Å². The molecule has 0 amide bonds. The number of aliphatic carboxylic acids is 1. The van der Waals surface area contributed by atoms with Gasteiger partial charge in [-0.1, -0.05) is 0 Å². The van der Waals surface area contributed by atoms with Crippen LogP contribution in [0.15, 0.2) is 0 Å². The number of nitrogens with zero attached hydrogens (tertiary/aromatic N) is 1. The number of hydrogen-bond acceptors (Lipinski definition) is 4. The average molecular weight is 215 g/mol. The minimum atomic E-state index is -0.826. The van der Waals surface area contributed by atoms with Crippen molar-refractivity contribution in [3.63, 3.8) is 0 Å². The highest BCUT2D eigenvalue weighted by atomic mass is 16.7. The second-order valence-corrected chi connectivity index (χ2v) is 4.37.